The third-order valence-electron chi connectivity index (χ3n) is 3.55. The van der Waals surface area contributed by atoms with Crippen LogP contribution in [0.15, 0.2) is 29.6 Å². The van der Waals surface area contributed by atoms with Crippen LogP contribution in [0.3, 0.4) is 0 Å². The number of amides is 1. The first-order valence-corrected chi connectivity index (χ1v) is 8.53. The zero-order valence-corrected chi connectivity index (χ0v) is 15.0. The van der Waals surface area contributed by atoms with E-state index in [2.05, 4.69) is 31.1 Å². The topological polar surface area (TPSA) is 85.1 Å². The molecule has 1 aromatic carbocycles. The Bertz CT molecular complexity index is 732. The molecule has 1 amide bonds. The second-order valence-electron chi connectivity index (χ2n) is 6.71. The van der Waals surface area contributed by atoms with E-state index in [1.807, 2.05) is 12.3 Å². The first-order valence-electron chi connectivity index (χ1n) is 7.65. The highest BCUT2D eigenvalue weighted by Gasteiger charge is 2.20. The zero-order valence-electron chi connectivity index (χ0n) is 14.2. The molecule has 0 aliphatic rings. The summed E-state index contributed by atoms with van der Waals surface area (Å²) in [6.45, 7) is 8.20. The molecule has 0 aliphatic carbocycles. The van der Waals surface area contributed by atoms with Crippen molar-refractivity contribution in [2.75, 3.05) is 0 Å². The molecule has 6 nitrogen and oxygen atoms in total. The van der Waals surface area contributed by atoms with E-state index in [0.717, 1.165) is 16.3 Å². The molecule has 128 valence electrons. The first-order chi connectivity index (χ1) is 11.2. The second kappa shape index (κ2) is 7.09. The summed E-state index contributed by atoms with van der Waals surface area (Å²) in [7, 11) is 0. The molecule has 2 rings (SSSR count). The van der Waals surface area contributed by atoms with Crippen LogP contribution in [-0.2, 0) is 16.6 Å². The van der Waals surface area contributed by atoms with E-state index >= 15 is 0 Å². The molecule has 1 N–H and O–H groups in total. The Morgan fingerprint density at radius 2 is 1.96 bits per heavy atom. The first kappa shape index (κ1) is 18.1. The van der Waals surface area contributed by atoms with Gasteiger partial charge in [0.25, 0.3) is 5.69 Å². The van der Waals surface area contributed by atoms with Gasteiger partial charge in [-0.15, -0.1) is 11.3 Å². The fourth-order valence-electron chi connectivity index (χ4n) is 2.11. The van der Waals surface area contributed by atoms with Crippen LogP contribution in [0.1, 0.15) is 50.0 Å². The standard InChI is InChI=1S/C17H21N3O3S/c1-11(16-19-14(10-24-16)17(2,3)4)18-15(21)9-12-5-7-13(8-6-12)20(22)23/h5-8,10-11H,9H2,1-4H3,(H,18,21). The number of thiazole rings is 1. The number of nitro groups is 1. The van der Waals surface area contributed by atoms with Crippen LogP contribution in [0.2, 0.25) is 0 Å². The highest BCUT2D eigenvalue weighted by Crippen LogP contribution is 2.26. The number of aromatic nitrogens is 1. The molecular weight excluding hydrogens is 326 g/mol. The minimum atomic E-state index is -0.457. The average molecular weight is 347 g/mol. The largest absolute Gasteiger partial charge is 0.347 e. The second-order valence-corrected chi connectivity index (χ2v) is 7.60. The van der Waals surface area contributed by atoms with Gasteiger partial charge in [0.05, 0.1) is 23.1 Å². The van der Waals surface area contributed by atoms with E-state index in [1.54, 1.807) is 12.1 Å². The van der Waals surface area contributed by atoms with Crippen LogP contribution in [0.5, 0.6) is 0 Å². The number of nitrogens with one attached hydrogen (secondary N) is 1. The lowest BCUT2D eigenvalue weighted by molar-refractivity contribution is -0.384. The maximum absolute atomic E-state index is 12.2. The number of carbonyl (C=O) groups excluding carboxylic acids is 1. The van der Waals surface area contributed by atoms with Crippen LogP contribution in [-0.4, -0.2) is 15.8 Å². The monoisotopic (exact) mass is 347 g/mol. The number of benzene rings is 1. The van der Waals surface area contributed by atoms with Crippen molar-refractivity contribution in [3.8, 4) is 0 Å². The predicted octanol–water partition coefficient (Wildman–Crippen LogP) is 3.77. The van der Waals surface area contributed by atoms with E-state index in [9.17, 15) is 14.9 Å². The number of nitro benzene ring substituents is 1. The molecular formula is C17H21N3O3S. The van der Waals surface area contributed by atoms with E-state index in [-0.39, 0.29) is 29.5 Å². The van der Waals surface area contributed by atoms with E-state index in [1.165, 1.54) is 23.5 Å². The van der Waals surface area contributed by atoms with Gasteiger partial charge in [-0.05, 0) is 12.5 Å². The fourth-order valence-corrected chi connectivity index (χ4v) is 3.16. The fraction of sp³-hybridized carbons (Fsp3) is 0.412. The number of non-ortho nitro benzene ring substituents is 1. The Morgan fingerprint density at radius 3 is 2.46 bits per heavy atom. The van der Waals surface area contributed by atoms with Crippen molar-refractivity contribution in [2.24, 2.45) is 0 Å². The lowest BCUT2D eigenvalue weighted by atomic mass is 9.93. The lowest BCUT2D eigenvalue weighted by Crippen LogP contribution is -2.28. The van der Waals surface area contributed by atoms with Crippen LogP contribution in [0.25, 0.3) is 0 Å². The van der Waals surface area contributed by atoms with Crippen molar-refractivity contribution >= 4 is 22.9 Å². The summed E-state index contributed by atoms with van der Waals surface area (Å²) in [5.41, 5.74) is 1.75. The Labute approximate surface area is 145 Å². The molecule has 1 atom stereocenters. The highest BCUT2D eigenvalue weighted by molar-refractivity contribution is 7.09. The molecule has 7 heteroatoms. The summed E-state index contributed by atoms with van der Waals surface area (Å²) >= 11 is 1.54. The SMILES string of the molecule is CC(NC(=O)Cc1ccc([N+](=O)[O-])cc1)c1nc(C(C)(C)C)cs1. The number of carbonyl (C=O) groups is 1. The molecule has 0 saturated carbocycles. The van der Waals surface area contributed by atoms with Gasteiger partial charge in [-0.1, -0.05) is 32.9 Å². The van der Waals surface area contributed by atoms with Crippen LogP contribution in [0, 0.1) is 10.1 Å². The molecule has 1 heterocycles. The Kier molecular flexibility index (Phi) is 5.33. The van der Waals surface area contributed by atoms with Gasteiger partial charge in [-0.3, -0.25) is 14.9 Å². The predicted molar refractivity (Wildman–Crippen MR) is 94.2 cm³/mol. The molecule has 0 radical (unpaired) electrons. The van der Waals surface area contributed by atoms with Crippen molar-refractivity contribution in [2.45, 2.75) is 45.6 Å². The Morgan fingerprint density at radius 1 is 1.33 bits per heavy atom. The van der Waals surface area contributed by atoms with Gasteiger partial charge in [-0.25, -0.2) is 4.98 Å². The molecule has 0 bridgehead atoms. The quantitative estimate of drug-likeness (QED) is 0.659. The van der Waals surface area contributed by atoms with Crippen molar-refractivity contribution < 1.29 is 9.72 Å². The normalized spacial score (nSPS) is 12.7. The number of hydrogen-bond acceptors (Lipinski definition) is 5. The molecule has 24 heavy (non-hydrogen) atoms. The Hall–Kier alpha value is -2.28. The van der Waals surface area contributed by atoms with Crippen molar-refractivity contribution in [1.82, 2.24) is 10.3 Å². The lowest BCUT2D eigenvalue weighted by Gasteiger charge is -2.15. The summed E-state index contributed by atoms with van der Waals surface area (Å²) in [5.74, 6) is -0.135. The molecule has 0 saturated heterocycles. The maximum atomic E-state index is 12.2. The van der Waals surface area contributed by atoms with Crippen LogP contribution in [0.4, 0.5) is 5.69 Å². The number of nitrogens with zero attached hydrogens (tertiary/aromatic N) is 2. The maximum Gasteiger partial charge on any atom is 0.269 e. The van der Waals surface area contributed by atoms with Gasteiger partial charge < -0.3 is 5.32 Å². The average Bonchev–Trinajstić information content (AvgIpc) is 2.97. The molecule has 1 unspecified atom stereocenters. The summed E-state index contributed by atoms with van der Waals surface area (Å²) in [6.07, 6.45) is 0.180. The summed E-state index contributed by atoms with van der Waals surface area (Å²) < 4.78 is 0. The number of hydrogen-bond donors (Lipinski definition) is 1. The smallest absolute Gasteiger partial charge is 0.269 e. The summed E-state index contributed by atoms with van der Waals surface area (Å²) in [5, 5.41) is 16.4. The summed E-state index contributed by atoms with van der Waals surface area (Å²) in [6, 6.07) is 5.84. The molecule has 0 aliphatic heterocycles. The minimum absolute atomic E-state index is 0.0166. The van der Waals surface area contributed by atoms with Gasteiger partial charge >= 0.3 is 0 Å². The van der Waals surface area contributed by atoms with E-state index in [0.29, 0.717) is 0 Å². The van der Waals surface area contributed by atoms with Crippen LogP contribution >= 0.6 is 11.3 Å². The molecule has 1 aromatic heterocycles. The highest BCUT2D eigenvalue weighted by atomic mass is 32.1. The van der Waals surface area contributed by atoms with Crippen molar-refractivity contribution in [1.29, 1.82) is 0 Å². The Balaban J connectivity index is 1.96. The molecule has 0 fully saturated rings. The van der Waals surface area contributed by atoms with Gasteiger partial charge in [0, 0.05) is 22.9 Å². The van der Waals surface area contributed by atoms with Gasteiger partial charge in [-0.2, -0.15) is 0 Å². The third kappa shape index (κ3) is 4.61. The van der Waals surface area contributed by atoms with Gasteiger partial charge in [0.2, 0.25) is 5.91 Å². The van der Waals surface area contributed by atoms with E-state index in [4.69, 9.17) is 0 Å². The zero-order chi connectivity index (χ0) is 17.9. The van der Waals surface area contributed by atoms with Gasteiger partial charge in [0.15, 0.2) is 0 Å². The van der Waals surface area contributed by atoms with Crippen molar-refractivity contribution in [3.05, 3.63) is 56.0 Å². The third-order valence-corrected chi connectivity index (χ3v) is 4.58. The summed E-state index contributed by atoms with van der Waals surface area (Å²) in [4.78, 5) is 26.9. The van der Waals surface area contributed by atoms with Gasteiger partial charge in [0.1, 0.15) is 5.01 Å². The van der Waals surface area contributed by atoms with E-state index < -0.39 is 4.92 Å². The van der Waals surface area contributed by atoms with Crippen molar-refractivity contribution in [3.63, 3.8) is 0 Å². The number of rotatable bonds is 5. The molecule has 2 aromatic rings. The van der Waals surface area contributed by atoms with Crippen LogP contribution < -0.4 is 5.32 Å². The minimum Gasteiger partial charge on any atom is -0.347 e. The molecule has 0 spiro atoms.